The molecule has 0 saturated heterocycles. The number of aliphatic hydroxyl groups excluding tert-OH is 1. The molecule has 1 aromatic heterocycles. The molecular weight excluding hydrogens is 254 g/mol. The molecule has 108 valence electrons. The first-order chi connectivity index (χ1) is 9.56. The summed E-state index contributed by atoms with van der Waals surface area (Å²) >= 11 is 0. The van der Waals surface area contributed by atoms with E-state index in [2.05, 4.69) is 15.5 Å². The van der Waals surface area contributed by atoms with E-state index < -0.39 is 6.10 Å². The van der Waals surface area contributed by atoms with Crippen molar-refractivity contribution in [1.82, 2.24) is 10.1 Å². The van der Waals surface area contributed by atoms with Gasteiger partial charge in [-0.05, 0) is 18.9 Å². The van der Waals surface area contributed by atoms with Gasteiger partial charge in [0.2, 0.25) is 0 Å². The number of hydrogen-bond acceptors (Lipinski definition) is 5. The Kier molecular flexibility index (Phi) is 4.74. The van der Waals surface area contributed by atoms with Crippen LogP contribution in [0.5, 0.6) is 0 Å². The Morgan fingerprint density at radius 1 is 1.20 bits per heavy atom. The van der Waals surface area contributed by atoms with E-state index in [1.807, 2.05) is 51.1 Å². The number of aliphatic hydroxyl groups is 1. The molecule has 2 atom stereocenters. The molecule has 0 spiro atoms. The van der Waals surface area contributed by atoms with Crippen molar-refractivity contribution in [3.05, 3.63) is 41.7 Å². The molecule has 1 heterocycles. The maximum absolute atomic E-state index is 10.2. The van der Waals surface area contributed by atoms with Gasteiger partial charge in [-0.2, -0.15) is 4.98 Å². The molecule has 0 bridgehead atoms. The summed E-state index contributed by atoms with van der Waals surface area (Å²) in [4.78, 5) is 4.26. The number of hydrogen-bond donors (Lipinski definition) is 2. The zero-order valence-corrected chi connectivity index (χ0v) is 12.1. The Balaban J connectivity index is 1.90. The summed E-state index contributed by atoms with van der Waals surface area (Å²) in [6.07, 6.45) is 0.0647. The van der Waals surface area contributed by atoms with Gasteiger partial charge in [0.15, 0.2) is 5.82 Å². The van der Waals surface area contributed by atoms with Gasteiger partial charge in [0.1, 0.15) is 0 Å². The van der Waals surface area contributed by atoms with Crippen molar-refractivity contribution in [2.24, 2.45) is 0 Å². The molecule has 0 aliphatic carbocycles. The minimum Gasteiger partial charge on any atom is -0.388 e. The molecule has 0 aliphatic heterocycles. The summed E-state index contributed by atoms with van der Waals surface area (Å²) in [7, 11) is 0. The van der Waals surface area contributed by atoms with Crippen molar-refractivity contribution >= 4 is 6.01 Å². The lowest BCUT2D eigenvalue weighted by atomic mass is 10.0. The minimum absolute atomic E-state index is 0.0330. The highest BCUT2D eigenvalue weighted by atomic mass is 16.5. The Bertz CT molecular complexity index is 525. The summed E-state index contributed by atoms with van der Waals surface area (Å²) in [6, 6.07) is 10.0. The van der Waals surface area contributed by atoms with Crippen LogP contribution in [-0.2, 0) is 0 Å². The second-order valence-electron chi connectivity index (χ2n) is 5.32. The number of benzene rings is 1. The third-order valence-corrected chi connectivity index (χ3v) is 3.09. The van der Waals surface area contributed by atoms with E-state index in [4.69, 9.17) is 4.52 Å². The van der Waals surface area contributed by atoms with E-state index >= 15 is 0 Å². The van der Waals surface area contributed by atoms with Gasteiger partial charge in [-0.1, -0.05) is 49.3 Å². The standard InChI is InChI=1S/C15H21N3O2/c1-10(2)14-17-15(20-18-14)16-11(3)9-13(19)12-7-5-4-6-8-12/h4-8,10-11,13,19H,9H2,1-3H3,(H,16,17,18). The molecule has 5 nitrogen and oxygen atoms in total. The summed E-state index contributed by atoms with van der Waals surface area (Å²) in [6.45, 7) is 6.00. The van der Waals surface area contributed by atoms with Gasteiger partial charge >= 0.3 is 6.01 Å². The van der Waals surface area contributed by atoms with Crippen molar-refractivity contribution in [2.45, 2.75) is 45.3 Å². The second kappa shape index (κ2) is 6.52. The highest BCUT2D eigenvalue weighted by molar-refractivity contribution is 5.22. The van der Waals surface area contributed by atoms with Crippen molar-refractivity contribution in [3.63, 3.8) is 0 Å². The smallest absolute Gasteiger partial charge is 0.321 e. The van der Waals surface area contributed by atoms with E-state index in [9.17, 15) is 5.11 Å². The van der Waals surface area contributed by atoms with Crippen molar-refractivity contribution < 1.29 is 9.63 Å². The van der Waals surface area contributed by atoms with E-state index in [0.717, 1.165) is 5.56 Å². The van der Waals surface area contributed by atoms with Gasteiger partial charge in [-0.3, -0.25) is 0 Å². The van der Waals surface area contributed by atoms with Crippen LogP contribution in [0.15, 0.2) is 34.9 Å². The molecule has 1 aromatic carbocycles. The van der Waals surface area contributed by atoms with Crippen LogP contribution in [0.3, 0.4) is 0 Å². The quantitative estimate of drug-likeness (QED) is 0.847. The molecule has 2 unspecified atom stereocenters. The van der Waals surface area contributed by atoms with Crippen LogP contribution in [0.25, 0.3) is 0 Å². The molecule has 0 radical (unpaired) electrons. The SMILES string of the molecule is CC(CC(O)c1ccccc1)Nc1nc(C(C)C)no1. The average Bonchev–Trinajstić information content (AvgIpc) is 2.88. The topological polar surface area (TPSA) is 71.2 Å². The zero-order chi connectivity index (χ0) is 14.5. The number of nitrogens with one attached hydrogen (secondary N) is 1. The van der Waals surface area contributed by atoms with Crippen LogP contribution in [0.2, 0.25) is 0 Å². The highest BCUT2D eigenvalue weighted by Gasteiger charge is 2.15. The molecule has 0 fully saturated rings. The molecule has 20 heavy (non-hydrogen) atoms. The summed E-state index contributed by atoms with van der Waals surface area (Å²) in [5.74, 6) is 0.919. The second-order valence-corrected chi connectivity index (χ2v) is 5.32. The number of anilines is 1. The van der Waals surface area contributed by atoms with E-state index in [-0.39, 0.29) is 12.0 Å². The van der Waals surface area contributed by atoms with Gasteiger partial charge in [0, 0.05) is 12.0 Å². The van der Waals surface area contributed by atoms with E-state index in [1.165, 1.54) is 0 Å². The van der Waals surface area contributed by atoms with Crippen molar-refractivity contribution in [1.29, 1.82) is 0 Å². The lowest BCUT2D eigenvalue weighted by Gasteiger charge is -2.16. The van der Waals surface area contributed by atoms with Gasteiger partial charge in [-0.15, -0.1) is 0 Å². The van der Waals surface area contributed by atoms with Crippen molar-refractivity contribution in [3.8, 4) is 0 Å². The molecule has 2 rings (SSSR count). The fourth-order valence-corrected chi connectivity index (χ4v) is 1.94. The number of nitrogens with zero attached hydrogens (tertiary/aromatic N) is 2. The molecule has 2 N–H and O–H groups in total. The summed E-state index contributed by atoms with van der Waals surface area (Å²) < 4.78 is 5.13. The molecule has 0 saturated carbocycles. The highest BCUT2D eigenvalue weighted by Crippen LogP contribution is 2.20. The van der Waals surface area contributed by atoms with Gasteiger partial charge in [-0.25, -0.2) is 0 Å². The Morgan fingerprint density at radius 2 is 1.90 bits per heavy atom. The fraction of sp³-hybridized carbons (Fsp3) is 0.467. The maximum atomic E-state index is 10.2. The fourth-order valence-electron chi connectivity index (χ4n) is 1.94. The molecule has 0 amide bonds. The van der Waals surface area contributed by atoms with Crippen LogP contribution in [-0.4, -0.2) is 21.3 Å². The summed E-state index contributed by atoms with van der Waals surface area (Å²) in [5, 5.41) is 17.2. The predicted octanol–water partition coefficient (Wildman–Crippen LogP) is 3.12. The molecule has 5 heteroatoms. The summed E-state index contributed by atoms with van der Waals surface area (Å²) in [5.41, 5.74) is 0.912. The van der Waals surface area contributed by atoms with E-state index in [0.29, 0.717) is 18.3 Å². The minimum atomic E-state index is -0.508. The van der Waals surface area contributed by atoms with Crippen LogP contribution in [0, 0.1) is 0 Å². The van der Waals surface area contributed by atoms with Crippen LogP contribution >= 0.6 is 0 Å². The lowest BCUT2D eigenvalue weighted by Crippen LogP contribution is -2.19. The zero-order valence-electron chi connectivity index (χ0n) is 12.1. The first-order valence-corrected chi connectivity index (χ1v) is 6.89. The van der Waals surface area contributed by atoms with Crippen molar-refractivity contribution in [2.75, 3.05) is 5.32 Å². The third-order valence-electron chi connectivity index (χ3n) is 3.09. The number of rotatable bonds is 6. The largest absolute Gasteiger partial charge is 0.388 e. The lowest BCUT2D eigenvalue weighted by molar-refractivity contribution is 0.162. The first kappa shape index (κ1) is 14.5. The number of aromatic nitrogens is 2. The molecular formula is C15H21N3O2. The van der Waals surface area contributed by atoms with Gasteiger partial charge in [0.05, 0.1) is 6.10 Å². The average molecular weight is 275 g/mol. The van der Waals surface area contributed by atoms with Gasteiger partial charge < -0.3 is 14.9 Å². The van der Waals surface area contributed by atoms with Crippen LogP contribution in [0.4, 0.5) is 6.01 Å². The first-order valence-electron chi connectivity index (χ1n) is 6.89. The third kappa shape index (κ3) is 3.81. The molecule has 2 aromatic rings. The monoisotopic (exact) mass is 275 g/mol. The molecule has 0 aliphatic rings. The van der Waals surface area contributed by atoms with Gasteiger partial charge in [0.25, 0.3) is 0 Å². The van der Waals surface area contributed by atoms with E-state index in [1.54, 1.807) is 0 Å². The van der Waals surface area contributed by atoms with Crippen LogP contribution in [0.1, 0.15) is 50.6 Å². The van der Waals surface area contributed by atoms with Crippen LogP contribution < -0.4 is 5.32 Å². The predicted molar refractivity (Wildman–Crippen MR) is 77.5 cm³/mol. The normalized spacial score (nSPS) is 14.2. The Labute approximate surface area is 119 Å². The Hall–Kier alpha value is -1.88. The maximum Gasteiger partial charge on any atom is 0.321 e. The Morgan fingerprint density at radius 3 is 2.50 bits per heavy atom.